The minimum atomic E-state index is 0.0216. The molecule has 0 bridgehead atoms. The van der Waals surface area contributed by atoms with E-state index < -0.39 is 0 Å². The summed E-state index contributed by atoms with van der Waals surface area (Å²) in [5, 5.41) is 0. The molecule has 0 heterocycles. The van der Waals surface area contributed by atoms with Gasteiger partial charge in [-0.3, -0.25) is 0 Å². The van der Waals surface area contributed by atoms with Gasteiger partial charge in [-0.15, -0.1) is 0 Å². The lowest BCUT2D eigenvalue weighted by molar-refractivity contribution is 0.667. The Balaban J connectivity index is 2.80. The largest absolute Gasteiger partial charge is 0.373 e. The lowest BCUT2D eigenvalue weighted by Gasteiger charge is -2.24. The first-order valence-electron chi connectivity index (χ1n) is 4.97. The molecule has 1 rings (SSSR count). The lowest BCUT2D eigenvalue weighted by atomic mass is 10.1. The highest BCUT2D eigenvalue weighted by Crippen LogP contribution is 2.23. The molecule has 0 amide bonds. The molecular formula is C11H18BrN3. The number of anilines is 1. The van der Waals surface area contributed by atoms with E-state index in [9.17, 15) is 0 Å². The molecule has 0 saturated heterocycles. The summed E-state index contributed by atoms with van der Waals surface area (Å²) in [5.74, 6) is 0. The van der Waals surface area contributed by atoms with Crippen LogP contribution in [0.2, 0.25) is 0 Å². The lowest BCUT2D eigenvalue weighted by Crippen LogP contribution is -2.40. The Morgan fingerprint density at radius 2 is 2.13 bits per heavy atom. The number of likely N-dealkylation sites (N-methyl/N-ethyl adjacent to an activating group) is 1. The van der Waals surface area contributed by atoms with Crippen LogP contribution < -0.4 is 16.4 Å². The van der Waals surface area contributed by atoms with Crippen molar-refractivity contribution in [2.75, 3.05) is 25.0 Å². The Morgan fingerprint density at radius 3 is 2.73 bits per heavy atom. The van der Waals surface area contributed by atoms with Crippen LogP contribution in [0.3, 0.4) is 0 Å². The van der Waals surface area contributed by atoms with Gasteiger partial charge in [0.15, 0.2) is 0 Å². The van der Waals surface area contributed by atoms with Crippen LogP contribution in [-0.4, -0.2) is 26.2 Å². The first kappa shape index (κ1) is 12.5. The Labute approximate surface area is 99.6 Å². The number of benzene rings is 1. The smallest absolute Gasteiger partial charge is 0.0405 e. The maximum absolute atomic E-state index is 5.82. The normalized spacial score (nSPS) is 12.6. The van der Waals surface area contributed by atoms with Gasteiger partial charge in [0.25, 0.3) is 0 Å². The molecule has 4 N–H and O–H groups in total. The molecule has 1 aromatic carbocycles. The molecule has 0 saturated carbocycles. The van der Waals surface area contributed by atoms with Crippen molar-refractivity contribution in [1.82, 2.24) is 0 Å². The van der Waals surface area contributed by atoms with E-state index in [1.165, 1.54) is 11.3 Å². The van der Waals surface area contributed by atoms with E-state index >= 15 is 0 Å². The maximum atomic E-state index is 5.82. The molecule has 1 aromatic rings. The summed E-state index contributed by atoms with van der Waals surface area (Å²) in [6.45, 7) is 3.37. The molecule has 4 heteroatoms. The Morgan fingerprint density at radius 1 is 1.47 bits per heavy atom. The average molecular weight is 272 g/mol. The van der Waals surface area contributed by atoms with Gasteiger partial charge in [-0.25, -0.2) is 0 Å². The van der Waals surface area contributed by atoms with Gasteiger partial charge in [0.05, 0.1) is 0 Å². The van der Waals surface area contributed by atoms with E-state index in [0.29, 0.717) is 6.54 Å². The van der Waals surface area contributed by atoms with Gasteiger partial charge in [0.2, 0.25) is 0 Å². The van der Waals surface area contributed by atoms with Gasteiger partial charge < -0.3 is 16.4 Å². The van der Waals surface area contributed by atoms with Crippen molar-refractivity contribution in [2.24, 2.45) is 11.5 Å². The summed E-state index contributed by atoms with van der Waals surface area (Å²) >= 11 is 3.47. The summed E-state index contributed by atoms with van der Waals surface area (Å²) < 4.78 is 1.08. The highest BCUT2D eigenvalue weighted by molar-refractivity contribution is 9.10. The van der Waals surface area contributed by atoms with Crippen molar-refractivity contribution in [3.8, 4) is 0 Å². The fraction of sp³-hybridized carbons (Fsp3) is 0.455. The number of hydrogen-bond acceptors (Lipinski definition) is 3. The van der Waals surface area contributed by atoms with Gasteiger partial charge in [-0.05, 0) is 24.6 Å². The van der Waals surface area contributed by atoms with E-state index in [-0.39, 0.29) is 6.04 Å². The van der Waals surface area contributed by atoms with Crippen LogP contribution in [0.1, 0.15) is 5.56 Å². The molecule has 15 heavy (non-hydrogen) atoms. The van der Waals surface area contributed by atoms with Crippen molar-refractivity contribution >= 4 is 21.6 Å². The monoisotopic (exact) mass is 271 g/mol. The Bertz CT molecular complexity index is 328. The summed E-state index contributed by atoms with van der Waals surface area (Å²) in [6, 6.07) is 6.24. The molecule has 0 aromatic heterocycles. The molecule has 1 unspecified atom stereocenters. The van der Waals surface area contributed by atoms with Gasteiger partial charge in [0.1, 0.15) is 0 Å². The van der Waals surface area contributed by atoms with E-state index in [2.05, 4.69) is 39.9 Å². The third-order valence-corrected chi connectivity index (χ3v) is 2.89. The quantitative estimate of drug-likeness (QED) is 0.873. The van der Waals surface area contributed by atoms with Crippen LogP contribution in [0, 0.1) is 6.92 Å². The van der Waals surface area contributed by atoms with Crippen molar-refractivity contribution in [3.05, 3.63) is 28.2 Å². The molecule has 0 aliphatic carbocycles. The van der Waals surface area contributed by atoms with Gasteiger partial charge in [-0.2, -0.15) is 0 Å². The van der Waals surface area contributed by atoms with Gasteiger partial charge >= 0.3 is 0 Å². The average Bonchev–Trinajstić information content (AvgIpc) is 2.21. The zero-order chi connectivity index (χ0) is 11.4. The first-order chi connectivity index (χ1) is 7.04. The summed E-state index contributed by atoms with van der Waals surface area (Å²) in [7, 11) is 2.03. The van der Waals surface area contributed by atoms with Crippen LogP contribution >= 0.6 is 15.9 Å². The highest BCUT2D eigenvalue weighted by atomic mass is 79.9. The second kappa shape index (κ2) is 5.49. The van der Waals surface area contributed by atoms with Crippen molar-refractivity contribution in [1.29, 1.82) is 0 Å². The van der Waals surface area contributed by atoms with Crippen LogP contribution in [-0.2, 0) is 0 Å². The van der Waals surface area contributed by atoms with E-state index in [1.807, 2.05) is 13.1 Å². The minimum Gasteiger partial charge on any atom is -0.373 e. The third kappa shape index (κ3) is 3.48. The predicted molar refractivity (Wildman–Crippen MR) is 69.2 cm³/mol. The highest BCUT2D eigenvalue weighted by Gasteiger charge is 2.08. The number of rotatable bonds is 4. The molecule has 0 spiro atoms. The van der Waals surface area contributed by atoms with Crippen LogP contribution in [0.25, 0.3) is 0 Å². The summed E-state index contributed by atoms with van der Waals surface area (Å²) in [5.41, 5.74) is 13.8. The second-order valence-corrected chi connectivity index (χ2v) is 4.72. The molecule has 0 radical (unpaired) electrons. The molecule has 3 nitrogen and oxygen atoms in total. The van der Waals surface area contributed by atoms with Crippen molar-refractivity contribution in [2.45, 2.75) is 13.0 Å². The van der Waals surface area contributed by atoms with E-state index in [4.69, 9.17) is 11.5 Å². The fourth-order valence-electron chi connectivity index (χ4n) is 1.52. The number of nitrogens with zero attached hydrogens (tertiary/aromatic N) is 1. The SMILES string of the molecule is Cc1ccc(Br)cc1N(C)CC(N)CN. The standard InChI is InChI=1S/C11H18BrN3/c1-8-3-4-9(12)5-11(8)15(2)7-10(14)6-13/h3-5,10H,6-7,13-14H2,1-2H3. The third-order valence-electron chi connectivity index (χ3n) is 2.39. The van der Waals surface area contributed by atoms with Crippen molar-refractivity contribution in [3.63, 3.8) is 0 Å². The number of aryl methyl sites for hydroxylation is 1. The van der Waals surface area contributed by atoms with Crippen LogP contribution in [0.5, 0.6) is 0 Å². The number of hydrogen-bond donors (Lipinski definition) is 2. The number of halogens is 1. The molecule has 0 aliphatic heterocycles. The molecule has 0 fully saturated rings. The topological polar surface area (TPSA) is 55.3 Å². The fourth-order valence-corrected chi connectivity index (χ4v) is 1.87. The van der Waals surface area contributed by atoms with Crippen molar-refractivity contribution < 1.29 is 0 Å². The predicted octanol–water partition coefficient (Wildman–Crippen LogP) is 1.48. The van der Waals surface area contributed by atoms with E-state index in [0.717, 1.165) is 11.0 Å². The van der Waals surface area contributed by atoms with Gasteiger partial charge in [0, 0.05) is 36.3 Å². The molecular weight excluding hydrogens is 254 g/mol. The maximum Gasteiger partial charge on any atom is 0.0405 e. The second-order valence-electron chi connectivity index (χ2n) is 3.81. The Kier molecular flexibility index (Phi) is 4.57. The van der Waals surface area contributed by atoms with Gasteiger partial charge in [-0.1, -0.05) is 22.0 Å². The summed E-state index contributed by atoms with van der Waals surface area (Å²) in [6.07, 6.45) is 0. The number of nitrogens with two attached hydrogens (primary N) is 2. The molecule has 0 aliphatic rings. The summed E-state index contributed by atoms with van der Waals surface area (Å²) in [4.78, 5) is 2.14. The molecule has 1 atom stereocenters. The first-order valence-corrected chi connectivity index (χ1v) is 5.77. The van der Waals surface area contributed by atoms with Crippen LogP contribution in [0.15, 0.2) is 22.7 Å². The zero-order valence-corrected chi connectivity index (χ0v) is 10.8. The van der Waals surface area contributed by atoms with E-state index in [1.54, 1.807) is 0 Å². The Hall–Kier alpha value is -0.580. The molecule has 84 valence electrons. The van der Waals surface area contributed by atoms with Crippen LogP contribution in [0.4, 0.5) is 5.69 Å². The minimum absolute atomic E-state index is 0.0216. The zero-order valence-electron chi connectivity index (χ0n) is 9.20.